The SMILES string of the molecule is C/C=C(\C(C)=C(\C)CNC)c1cc(CC)c(C)c(CC)c1.C=C/C(C)=C/C(C)(C)C.CC.CC1NCCc2c(CN3CCNC4(CC4)C3)cccc21. The average molecular weight is 711 g/mol. The van der Waals surface area contributed by atoms with Crippen LogP contribution in [0.3, 0.4) is 0 Å². The van der Waals surface area contributed by atoms with Gasteiger partial charge in [0.15, 0.2) is 0 Å². The third-order valence-corrected chi connectivity index (χ3v) is 10.8. The van der Waals surface area contributed by atoms with Gasteiger partial charge in [-0.25, -0.2) is 0 Å². The van der Waals surface area contributed by atoms with Gasteiger partial charge in [0, 0.05) is 44.3 Å². The van der Waals surface area contributed by atoms with E-state index in [2.05, 4.69) is 146 Å². The predicted octanol–water partition coefficient (Wildman–Crippen LogP) is 11.1. The summed E-state index contributed by atoms with van der Waals surface area (Å²) in [5.74, 6) is 0. The Morgan fingerprint density at radius 2 is 1.65 bits per heavy atom. The molecule has 1 spiro atoms. The van der Waals surface area contributed by atoms with E-state index in [0.29, 0.717) is 11.6 Å². The summed E-state index contributed by atoms with van der Waals surface area (Å²) in [4.78, 5) is 2.66. The summed E-state index contributed by atoms with van der Waals surface area (Å²) in [6, 6.07) is 12.2. The van der Waals surface area contributed by atoms with Crippen molar-refractivity contribution >= 4 is 5.57 Å². The molecule has 1 saturated heterocycles. The zero-order valence-corrected chi connectivity index (χ0v) is 36.1. The zero-order valence-electron chi connectivity index (χ0n) is 36.1. The molecule has 3 aliphatic rings. The number of hydrogen-bond acceptors (Lipinski definition) is 4. The molecule has 2 aromatic rings. The molecule has 1 unspecified atom stereocenters. The Hall–Kier alpha value is -2.76. The minimum atomic E-state index is 0.290. The van der Waals surface area contributed by atoms with Gasteiger partial charge in [-0.15, -0.1) is 0 Å². The van der Waals surface area contributed by atoms with Crippen molar-refractivity contribution in [2.24, 2.45) is 5.41 Å². The minimum absolute atomic E-state index is 0.290. The van der Waals surface area contributed by atoms with Crippen LogP contribution in [0, 0.1) is 12.3 Å². The fraction of sp³-hybridized carbons (Fsp3) is 0.583. The van der Waals surface area contributed by atoms with Crippen molar-refractivity contribution in [1.29, 1.82) is 0 Å². The van der Waals surface area contributed by atoms with Crippen LogP contribution < -0.4 is 16.0 Å². The lowest BCUT2D eigenvalue weighted by Gasteiger charge is -2.35. The topological polar surface area (TPSA) is 39.3 Å². The maximum atomic E-state index is 3.70. The summed E-state index contributed by atoms with van der Waals surface area (Å²) in [6.07, 6.45) is 12.5. The lowest BCUT2D eigenvalue weighted by atomic mass is 9.89. The van der Waals surface area contributed by atoms with Crippen LogP contribution in [0.1, 0.15) is 141 Å². The molecule has 4 nitrogen and oxygen atoms in total. The van der Waals surface area contributed by atoms with Crippen LogP contribution in [-0.2, 0) is 25.8 Å². The van der Waals surface area contributed by atoms with E-state index in [1.807, 2.05) is 27.0 Å². The molecule has 0 bridgehead atoms. The van der Waals surface area contributed by atoms with Crippen molar-refractivity contribution in [3.8, 4) is 0 Å². The Bertz CT molecular complexity index is 1490. The van der Waals surface area contributed by atoms with Gasteiger partial charge in [0.1, 0.15) is 0 Å². The normalized spacial score (nSPS) is 18.8. The lowest BCUT2D eigenvalue weighted by Crippen LogP contribution is -2.52. The van der Waals surface area contributed by atoms with Crippen LogP contribution in [0.15, 0.2) is 71.9 Å². The van der Waals surface area contributed by atoms with Crippen LogP contribution in [0.25, 0.3) is 5.57 Å². The van der Waals surface area contributed by atoms with Gasteiger partial charge in [-0.1, -0.05) is 115 Å². The molecule has 5 rings (SSSR count). The molecule has 0 aromatic heterocycles. The van der Waals surface area contributed by atoms with Crippen molar-refractivity contribution in [2.75, 3.05) is 39.8 Å². The number of nitrogens with one attached hydrogen (secondary N) is 3. The molecule has 2 aromatic carbocycles. The first-order valence-electron chi connectivity index (χ1n) is 20.4. The number of benzene rings is 2. The summed E-state index contributed by atoms with van der Waals surface area (Å²) in [5, 5.41) is 10.5. The van der Waals surface area contributed by atoms with Gasteiger partial charge in [-0.3, -0.25) is 4.90 Å². The van der Waals surface area contributed by atoms with E-state index in [9.17, 15) is 0 Å². The van der Waals surface area contributed by atoms with Crippen molar-refractivity contribution in [1.82, 2.24) is 20.9 Å². The van der Waals surface area contributed by atoms with Gasteiger partial charge < -0.3 is 16.0 Å². The van der Waals surface area contributed by atoms with Gasteiger partial charge in [-0.2, -0.15) is 0 Å². The summed E-state index contributed by atoms with van der Waals surface area (Å²) in [7, 11) is 2.00. The molecular weight excluding hydrogens is 633 g/mol. The molecule has 52 heavy (non-hydrogen) atoms. The molecular formula is C48H78N4. The Morgan fingerprint density at radius 3 is 2.15 bits per heavy atom. The monoisotopic (exact) mass is 711 g/mol. The highest BCUT2D eigenvalue weighted by atomic mass is 15.2. The zero-order chi connectivity index (χ0) is 39.1. The first kappa shape index (κ1) is 45.4. The maximum absolute atomic E-state index is 3.70. The Labute approximate surface area is 321 Å². The Kier molecular flexibility index (Phi) is 19.0. The third-order valence-electron chi connectivity index (χ3n) is 10.8. The number of rotatable bonds is 9. The standard InChI is InChI=1S/C20H31N.C17H25N3.C9H16.C2H6/c1-8-17-11-19(12-18(9-2)16(17)6)20(10-3)15(5)14(4)13-21-7;1-13-15-4-2-3-14(16(15)5-8-18-13)11-20-10-9-19-17(12-20)6-7-17;1-6-8(2)7-9(3,4)5;1-2/h10-12,21H,8-9,13H2,1-7H3;2-4,13,18-19H,5-12H2,1H3;6-7H,1H2,2-5H3;1-2H3/b15-14-,20-10+;;8-7+;. The second kappa shape index (κ2) is 21.8. The molecule has 0 amide bonds. The number of piperazine rings is 1. The number of likely N-dealkylation sites (N-methyl/N-ethyl adjacent to an activating group) is 1. The first-order valence-corrected chi connectivity index (χ1v) is 20.4. The van der Waals surface area contributed by atoms with Crippen LogP contribution in [0.2, 0.25) is 0 Å². The summed E-state index contributed by atoms with van der Waals surface area (Å²) in [5.41, 5.74) is 16.7. The van der Waals surface area contributed by atoms with Crippen LogP contribution >= 0.6 is 0 Å². The van der Waals surface area contributed by atoms with Crippen molar-refractivity contribution in [3.63, 3.8) is 0 Å². The van der Waals surface area contributed by atoms with Gasteiger partial charge in [0.25, 0.3) is 0 Å². The maximum Gasteiger partial charge on any atom is 0.0310 e. The van der Waals surface area contributed by atoms with Gasteiger partial charge in [0.2, 0.25) is 0 Å². The highest BCUT2D eigenvalue weighted by Crippen LogP contribution is 2.38. The van der Waals surface area contributed by atoms with E-state index in [4.69, 9.17) is 0 Å². The van der Waals surface area contributed by atoms with Crippen LogP contribution in [-0.4, -0.2) is 50.2 Å². The van der Waals surface area contributed by atoms with E-state index in [1.165, 1.54) is 82.5 Å². The largest absolute Gasteiger partial charge is 0.316 e. The highest BCUT2D eigenvalue weighted by molar-refractivity contribution is 5.80. The second-order valence-corrected chi connectivity index (χ2v) is 16.1. The molecule has 1 aliphatic carbocycles. The highest BCUT2D eigenvalue weighted by Gasteiger charge is 2.45. The van der Waals surface area contributed by atoms with E-state index in [-0.39, 0.29) is 5.41 Å². The fourth-order valence-corrected chi connectivity index (χ4v) is 7.64. The number of hydrogen-bond donors (Lipinski definition) is 3. The molecule has 2 aliphatic heterocycles. The molecule has 290 valence electrons. The molecule has 1 atom stereocenters. The molecule has 0 radical (unpaired) electrons. The molecule has 2 fully saturated rings. The van der Waals surface area contributed by atoms with E-state index in [0.717, 1.165) is 39.0 Å². The van der Waals surface area contributed by atoms with E-state index < -0.39 is 0 Å². The number of allylic oxidation sites excluding steroid dienone is 6. The average Bonchev–Trinajstić information content (AvgIpc) is 3.87. The lowest BCUT2D eigenvalue weighted by molar-refractivity contribution is 0.181. The third kappa shape index (κ3) is 13.6. The second-order valence-electron chi connectivity index (χ2n) is 16.1. The number of fused-ring (bicyclic) bond motifs is 1. The summed E-state index contributed by atoms with van der Waals surface area (Å²) in [6.45, 7) is 38.7. The van der Waals surface area contributed by atoms with Crippen molar-refractivity contribution < 1.29 is 0 Å². The minimum Gasteiger partial charge on any atom is -0.316 e. The van der Waals surface area contributed by atoms with E-state index >= 15 is 0 Å². The fourth-order valence-electron chi connectivity index (χ4n) is 7.64. The molecule has 4 heteroatoms. The predicted molar refractivity (Wildman–Crippen MR) is 232 cm³/mol. The molecule has 2 heterocycles. The molecule has 1 saturated carbocycles. The summed E-state index contributed by atoms with van der Waals surface area (Å²) >= 11 is 0. The first-order chi connectivity index (χ1) is 24.7. The summed E-state index contributed by atoms with van der Waals surface area (Å²) < 4.78 is 0. The van der Waals surface area contributed by atoms with Crippen molar-refractivity contribution in [2.45, 2.75) is 140 Å². The Balaban J connectivity index is 0.000000283. The van der Waals surface area contributed by atoms with Gasteiger partial charge in [0.05, 0.1) is 0 Å². The molecule has 3 N–H and O–H groups in total. The quantitative estimate of drug-likeness (QED) is 0.227. The van der Waals surface area contributed by atoms with Crippen LogP contribution in [0.4, 0.5) is 0 Å². The van der Waals surface area contributed by atoms with Crippen LogP contribution in [0.5, 0.6) is 0 Å². The van der Waals surface area contributed by atoms with Gasteiger partial charge in [-0.05, 0) is 143 Å². The number of aryl methyl sites for hydroxylation is 2. The number of nitrogens with zero attached hydrogens (tertiary/aromatic N) is 1. The Morgan fingerprint density at radius 1 is 1.02 bits per heavy atom. The van der Waals surface area contributed by atoms with E-state index in [1.54, 1.807) is 11.1 Å². The smallest absolute Gasteiger partial charge is 0.0310 e. The van der Waals surface area contributed by atoms with Gasteiger partial charge >= 0.3 is 0 Å². The van der Waals surface area contributed by atoms with Crippen molar-refractivity contribution in [3.05, 3.63) is 111 Å².